The molecular formula is C14H19BClNO2. The minimum Gasteiger partial charge on any atom is -0.399 e. The van der Waals surface area contributed by atoms with E-state index in [1.54, 1.807) is 6.20 Å². The second-order valence-electron chi connectivity index (χ2n) is 6.46. The molecule has 1 aliphatic carbocycles. The molecule has 1 aliphatic heterocycles. The molecule has 3 nitrogen and oxygen atoms in total. The summed E-state index contributed by atoms with van der Waals surface area (Å²) in [5, 5.41) is 0.712. The fourth-order valence-electron chi connectivity index (χ4n) is 2.27. The topological polar surface area (TPSA) is 31.4 Å². The first-order valence-corrected chi connectivity index (χ1v) is 7.19. The monoisotopic (exact) mass is 279 g/mol. The summed E-state index contributed by atoms with van der Waals surface area (Å²) in [5.74, 6) is 0.523. The van der Waals surface area contributed by atoms with Crippen molar-refractivity contribution in [1.29, 1.82) is 0 Å². The number of nitrogens with zero attached hydrogens (tertiary/aromatic N) is 1. The Labute approximate surface area is 119 Å². The molecule has 19 heavy (non-hydrogen) atoms. The molecule has 2 aliphatic rings. The summed E-state index contributed by atoms with van der Waals surface area (Å²) in [5.41, 5.74) is 1.21. The molecule has 1 saturated heterocycles. The summed E-state index contributed by atoms with van der Waals surface area (Å²) in [6.45, 7) is 8.18. The van der Waals surface area contributed by atoms with Gasteiger partial charge in [0.2, 0.25) is 0 Å². The first-order valence-electron chi connectivity index (χ1n) is 6.82. The van der Waals surface area contributed by atoms with Gasteiger partial charge in [0.05, 0.1) is 21.9 Å². The highest BCUT2D eigenvalue weighted by Crippen LogP contribution is 2.42. The van der Waals surface area contributed by atoms with Crippen LogP contribution in [0.5, 0.6) is 0 Å². The average Bonchev–Trinajstić information content (AvgIpc) is 3.08. The molecule has 1 aromatic heterocycles. The molecular weight excluding hydrogens is 260 g/mol. The number of rotatable bonds is 2. The fourth-order valence-corrected chi connectivity index (χ4v) is 2.62. The third-order valence-electron chi connectivity index (χ3n) is 4.42. The van der Waals surface area contributed by atoms with Crippen molar-refractivity contribution in [3.8, 4) is 0 Å². The minimum atomic E-state index is -0.405. The van der Waals surface area contributed by atoms with Crippen LogP contribution >= 0.6 is 11.6 Å². The normalized spacial score (nSPS) is 24.8. The Balaban J connectivity index is 1.94. The van der Waals surface area contributed by atoms with E-state index >= 15 is 0 Å². The molecule has 3 rings (SSSR count). The van der Waals surface area contributed by atoms with Gasteiger partial charge >= 0.3 is 7.12 Å². The van der Waals surface area contributed by atoms with Crippen molar-refractivity contribution in [1.82, 2.24) is 4.98 Å². The Morgan fingerprint density at radius 2 is 1.79 bits per heavy atom. The summed E-state index contributed by atoms with van der Waals surface area (Å²) in [6.07, 6.45) is 4.17. The van der Waals surface area contributed by atoms with Gasteiger partial charge in [-0.05, 0) is 46.6 Å². The smallest absolute Gasteiger partial charge is 0.399 e. The second-order valence-corrected chi connectivity index (χ2v) is 6.84. The van der Waals surface area contributed by atoms with Crippen molar-refractivity contribution in [2.24, 2.45) is 0 Å². The van der Waals surface area contributed by atoms with Crippen molar-refractivity contribution in [3.63, 3.8) is 0 Å². The first kappa shape index (κ1) is 13.4. The third kappa shape index (κ3) is 2.20. The van der Waals surface area contributed by atoms with E-state index in [9.17, 15) is 0 Å². The molecule has 1 saturated carbocycles. The van der Waals surface area contributed by atoms with Gasteiger partial charge in [0.25, 0.3) is 0 Å². The van der Waals surface area contributed by atoms with Crippen molar-refractivity contribution >= 4 is 24.2 Å². The van der Waals surface area contributed by atoms with Crippen molar-refractivity contribution in [2.45, 2.75) is 57.7 Å². The van der Waals surface area contributed by atoms with Crippen molar-refractivity contribution < 1.29 is 9.31 Å². The van der Waals surface area contributed by atoms with E-state index in [0.29, 0.717) is 10.9 Å². The summed E-state index contributed by atoms with van der Waals surface area (Å²) >= 11 is 6.49. The number of halogens is 1. The maximum Gasteiger partial charge on any atom is 0.496 e. The highest BCUT2D eigenvalue weighted by molar-refractivity contribution is 6.65. The van der Waals surface area contributed by atoms with Gasteiger partial charge in [0.15, 0.2) is 0 Å². The van der Waals surface area contributed by atoms with Crippen LogP contribution in [0, 0.1) is 0 Å². The van der Waals surface area contributed by atoms with Crippen LogP contribution in [0.3, 0.4) is 0 Å². The van der Waals surface area contributed by atoms with E-state index in [2.05, 4.69) is 4.98 Å². The number of hydrogen-bond donors (Lipinski definition) is 0. The van der Waals surface area contributed by atoms with E-state index in [-0.39, 0.29) is 11.2 Å². The first-order chi connectivity index (χ1) is 8.82. The van der Waals surface area contributed by atoms with Crippen LogP contribution in [-0.2, 0) is 9.31 Å². The standard InChI is InChI=1S/C14H19BClNO2/c1-13(2)14(3,4)19-15(18-13)10-7-8-17-12(11(10)16)9-5-6-9/h7-9H,5-6H2,1-4H3. The molecule has 0 amide bonds. The highest BCUT2D eigenvalue weighted by atomic mass is 35.5. The van der Waals surface area contributed by atoms with Crippen LogP contribution in [0.4, 0.5) is 0 Å². The Kier molecular flexibility index (Phi) is 2.97. The van der Waals surface area contributed by atoms with Crippen molar-refractivity contribution in [2.75, 3.05) is 0 Å². The predicted octanol–water partition coefficient (Wildman–Crippen LogP) is 2.91. The second kappa shape index (κ2) is 4.21. The summed E-state index contributed by atoms with van der Waals surface area (Å²) in [4.78, 5) is 4.40. The molecule has 0 spiro atoms. The Morgan fingerprint density at radius 1 is 1.21 bits per heavy atom. The van der Waals surface area contributed by atoms with Crippen LogP contribution in [0.25, 0.3) is 0 Å². The zero-order valence-corrected chi connectivity index (χ0v) is 12.6. The van der Waals surface area contributed by atoms with Gasteiger partial charge in [0.1, 0.15) is 0 Å². The number of hydrogen-bond acceptors (Lipinski definition) is 3. The molecule has 102 valence electrons. The Morgan fingerprint density at radius 3 is 2.32 bits per heavy atom. The molecule has 0 N–H and O–H groups in total. The van der Waals surface area contributed by atoms with E-state index in [4.69, 9.17) is 20.9 Å². The molecule has 0 atom stereocenters. The van der Waals surface area contributed by atoms with Crippen LogP contribution in [0.1, 0.15) is 52.1 Å². The molecule has 0 aromatic carbocycles. The van der Waals surface area contributed by atoms with Gasteiger partial charge in [0, 0.05) is 17.6 Å². The quantitative estimate of drug-likeness (QED) is 0.780. The van der Waals surface area contributed by atoms with E-state index in [0.717, 1.165) is 11.2 Å². The zero-order valence-electron chi connectivity index (χ0n) is 11.9. The molecule has 1 aromatic rings. The van der Waals surface area contributed by atoms with Gasteiger partial charge in [-0.1, -0.05) is 11.6 Å². The number of aromatic nitrogens is 1. The van der Waals surface area contributed by atoms with Gasteiger partial charge in [-0.15, -0.1) is 0 Å². The third-order valence-corrected chi connectivity index (χ3v) is 4.83. The van der Waals surface area contributed by atoms with Crippen LogP contribution in [-0.4, -0.2) is 23.3 Å². The van der Waals surface area contributed by atoms with E-state index in [1.807, 2.05) is 33.8 Å². The molecule has 0 bridgehead atoms. The lowest BCUT2D eigenvalue weighted by atomic mass is 9.79. The predicted molar refractivity (Wildman–Crippen MR) is 76.9 cm³/mol. The SMILES string of the molecule is CC1(C)OB(c2ccnc(C3CC3)c2Cl)OC1(C)C. The summed E-state index contributed by atoms with van der Waals surface area (Å²) in [7, 11) is -0.405. The van der Waals surface area contributed by atoms with Gasteiger partial charge in [-0.25, -0.2) is 0 Å². The lowest BCUT2D eigenvalue weighted by Gasteiger charge is -2.32. The molecule has 0 radical (unpaired) electrons. The van der Waals surface area contributed by atoms with E-state index in [1.165, 1.54) is 12.8 Å². The fraction of sp³-hybridized carbons (Fsp3) is 0.643. The zero-order chi connectivity index (χ0) is 13.8. The van der Waals surface area contributed by atoms with Gasteiger partial charge in [-0.3, -0.25) is 4.98 Å². The van der Waals surface area contributed by atoms with Gasteiger partial charge < -0.3 is 9.31 Å². The van der Waals surface area contributed by atoms with Crippen molar-refractivity contribution in [3.05, 3.63) is 23.0 Å². The lowest BCUT2D eigenvalue weighted by Crippen LogP contribution is -2.41. The number of pyridine rings is 1. The lowest BCUT2D eigenvalue weighted by molar-refractivity contribution is 0.00578. The van der Waals surface area contributed by atoms with Crippen LogP contribution in [0.2, 0.25) is 5.02 Å². The molecule has 0 unspecified atom stereocenters. The minimum absolute atomic E-state index is 0.343. The Hall–Kier alpha value is -0.575. The summed E-state index contributed by atoms with van der Waals surface area (Å²) in [6, 6.07) is 1.90. The highest BCUT2D eigenvalue weighted by Gasteiger charge is 2.52. The van der Waals surface area contributed by atoms with Gasteiger partial charge in [-0.2, -0.15) is 0 Å². The van der Waals surface area contributed by atoms with Crippen LogP contribution < -0.4 is 5.46 Å². The Bertz CT molecular complexity index is 498. The summed E-state index contributed by atoms with van der Waals surface area (Å²) < 4.78 is 12.1. The molecule has 5 heteroatoms. The largest absolute Gasteiger partial charge is 0.496 e. The molecule has 2 heterocycles. The van der Waals surface area contributed by atoms with Crippen LogP contribution in [0.15, 0.2) is 12.3 Å². The maximum atomic E-state index is 6.49. The average molecular weight is 280 g/mol. The van der Waals surface area contributed by atoms with E-state index < -0.39 is 7.12 Å². The maximum absolute atomic E-state index is 6.49. The molecule has 2 fully saturated rings.